The summed E-state index contributed by atoms with van der Waals surface area (Å²) < 4.78 is 37.8. The lowest BCUT2D eigenvalue weighted by Gasteiger charge is -2.12. The molecule has 0 saturated carbocycles. The molecule has 0 aliphatic carbocycles. The molecule has 0 saturated heterocycles. The van der Waals surface area contributed by atoms with Crippen LogP contribution in [0.4, 0.5) is 13.2 Å². The number of hydrogen-bond donors (Lipinski definition) is 1. The lowest BCUT2D eigenvalue weighted by molar-refractivity contribution is -0.138. The summed E-state index contributed by atoms with van der Waals surface area (Å²) in [7, 11) is 0. The highest BCUT2D eigenvalue weighted by atomic mass is 19.4. The molecular formula is C9H11F3N2O. The maximum absolute atomic E-state index is 12.3. The molecule has 1 aromatic heterocycles. The zero-order chi connectivity index (χ0) is 11.6. The molecule has 0 aliphatic heterocycles. The van der Waals surface area contributed by atoms with Crippen molar-refractivity contribution in [3.05, 3.63) is 34.2 Å². The summed E-state index contributed by atoms with van der Waals surface area (Å²) in [4.78, 5) is 11.2. The lowest BCUT2D eigenvalue weighted by Crippen LogP contribution is -2.30. The van der Waals surface area contributed by atoms with E-state index in [1.54, 1.807) is 6.92 Å². The number of alkyl halides is 3. The fourth-order valence-electron chi connectivity index (χ4n) is 1.15. The van der Waals surface area contributed by atoms with Crippen molar-refractivity contribution in [3.63, 3.8) is 0 Å². The second-order valence-corrected chi connectivity index (χ2v) is 3.38. The van der Waals surface area contributed by atoms with E-state index >= 15 is 0 Å². The first-order chi connectivity index (χ1) is 6.80. The van der Waals surface area contributed by atoms with Crippen LogP contribution >= 0.6 is 0 Å². The van der Waals surface area contributed by atoms with Gasteiger partial charge in [-0.25, -0.2) is 0 Å². The Hall–Kier alpha value is -1.30. The Labute approximate surface area is 84.3 Å². The Kier molecular flexibility index (Phi) is 3.18. The van der Waals surface area contributed by atoms with Gasteiger partial charge < -0.3 is 10.3 Å². The summed E-state index contributed by atoms with van der Waals surface area (Å²) in [6.45, 7) is 1.69. The summed E-state index contributed by atoms with van der Waals surface area (Å²) in [6, 6.07) is 1.29. The molecule has 0 unspecified atom stereocenters. The van der Waals surface area contributed by atoms with Crippen LogP contribution in [0.25, 0.3) is 0 Å². The third-order valence-electron chi connectivity index (χ3n) is 1.80. The number of nitrogens with zero attached hydrogens (tertiary/aromatic N) is 1. The minimum atomic E-state index is -4.44. The first-order valence-corrected chi connectivity index (χ1v) is 4.34. The quantitative estimate of drug-likeness (QED) is 0.814. The lowest BCUT2D eigenvalue weighted by atomic mass is 10.2. The number of pyridine rings is 1. The Balaban J connectivity index is 3.11. The van der Waals surface area contributed by atoms with Crippen molar-refractivity contribution >= 4 is 0 Å². The Bertz CT molecular complexity index is 395. The van der Waals surface area contributed by atoms with Gasteiger partial charge in [-0.1, -0.05) is 0 Å². The predicted molar refractivity (Wildman–Crippen MR) is 49.4 cm³/mol. The van der Waals surface area contributed by atoms with Gasteiger partial charge in [-0.15, -0.1) is 0 Å². The van der Waals surface area contributed by atoms with Gasteiger partial charge in [0.2, 0.25) is 0 Å². The molecular weight excluding hydrogens is 209 g/mol. The molecule has 0 amide bonds. The normalized spacial score (nSPS) is 13.9. The topological polar surface area (TPSA) is 48.0 Å². The molecule has 15 heavy (non-hydrogen) atoms. The van der Waals surface area contributed by atoms with Crippen LogP contribution in [0.2, 0.25) is 0 Å². The van der Waals surface area contributed by atoms with E-state index in [1.807, 2.05) is 0 Å². The number of nitrogens with two attached hydrogens (primary N) is 1. The van der Waals surface area contributed by atoms with Crippen LogP contribution in [0.15, 0.2) is 23.1 Å². The smallest absolute Gasteiger partial charge is 0.326 e. The highest BCUT2D eigenvalue weighted by Gasteiger charge is 2.30. The molecule has 1 atom stereocenters. The van der Waals surface area contributed by atoms with Crippen molar-refractivity contribution in [1.29, 1.82) is 0 Å². The van der Waals surface area contributed by atoms with Gasteiger partial charge in [-0.3, -0.25) is 4.79 Å². The maximum Gasteiger partial charge on any atom is 0.417 e. The molecule has 3 nitrogen and oxygen atoms in total. The van der Waals surface area contributed by atoms with Gasteiger partial charge in [0.15, 0.2) is 0 Å². The molecule has 1 heterocycles. The number of aromatic nitrogens is 1. The first-order valence-electron chi connectivity index (χ1n) is 4.34. The van der Waals surface area contributed by atoms with E-state index in [2.05, 4.69) is 0 Å². The minimum Gasteiger partial charge on any atom is -0.326 e. The molecule has 0 spiro atoms. The van der Waals surface area contributed by atoms with Crippen molar-refractivity contribution in [1.82, 2.24) is 4.57 Å². The van der Waals surface area contributed by atoms with E-state index in [1.165, 1.54) is 0 Å². The van der Waals surface area contributed by atoms with E-state index < -0.39 is 17.3 Å². The van der Waals surface area contributed by atoms with Gasteiger partial charge >= 0.3 is 6.18 Å². The third-order valence-corrected chi connectivity index (χ3v) is 1.80. The monoisotopic (exact) mass is 220 g/mol. The van der Waals surface area contributed by atoms with Crippen molar-refractivity contribution in [2.24, 2.45) is 5.73 Å². The summed E-state index contributed by atoms with van der Waals surface area (Å²) in [5.41, 5.74) is 4.08. The van der Waals surface area contributed by atoms with Gasteiger partial charge in [0.1, 0.15) is 0 Å². The highest BCUT2D eigenvalue weighted by Crippen LogP contribution is 2.27. The molecule has 0 bridgehead atoms. The van der Waals surface area contributed by atoms with Gasteiger partial charge in [-0.2, -0.15) is 13.2 Å². The maximum atomic E-state index is 12.3. The van der Waals surface area contributed by atoms with E-state index in [-0.39, 0.29) is 12.6 Å². The molecule has 1 rings (SSSR count). The zero-order valence-corrected chi connectivity index (χ0v) is 8.08. The number of halogens is 3. The molecule has 84 valence electrons. The summed E-state index contributed by atoms with van der Waals surface area (Å²) in [5.74, 6) is 0. The van der Waals surface area contributed by atoms with E-state index in [0.717, 1.165) is 22.9 Å². The van der Waals surface area contributed by atoms with Crippen molar-refractivity contribution < 1.29 is 13.2 Å². The summed E-state index contributed by atoms with van der Waals surface area (Å²) >= 11 is 0. The first kappa shape index (κ1) is 11.8. The van der Waals surface area contributed by atoms with Gasteiger partial charge in [0, 0.05) is 24.8 Å². The molecule has 1 aromatic rings. The van der Waals surface area contributed by atoms with E-state index in [0.29, 0.717) is 0 Å². The van der Waals surface area contributed by atoms with Crippen molar-refractivity contribution in [2.45, 2.75) is 25.7 Å². The van der Waals surface area contributed by atoms with E-state index in [9.17, 15) is 18.0 Å². The number of rotatable bonds is 2. The van der Waals surface area contributed by atoms with Gasteiger partial charge in [-0.05, 0) is 13.0 Å². The van der Waals surface area contributed by atoms with E-state index in [4.69, 9.17) is 5.73 Å². The minimum absolute atomic E-state index is 0.0722. The summed E-state index contributed by atoms with van der Waals surface area (Å²) in [5, 5.41) is 0. The van der Waals surface area contributed by atoms with Crippen LogP contribution in [0, 0.1) is 0 Å². The van der Waals surface area contributed by atoms with Gasteiger partial charge in [0.25, 0.3) is 5.56 Å². The Morgan fingerprint density at radius 3 is 2.53 bits per heavy atom. The fourth-order valence-corrected chi connectivity index (χ4v) is 1.15. The third kappa shape index (κ3) is 3.09. The van der Waals surface area contributed by atoms with Crippen LogP contribution < -0.4 is 11.3 Å². The van der Waals surface area contributed by atoms with Crippen LogP contribution in [0.5, 0.6) is 0 Å². The fraction of sp³-hybridized carbons (Fsp3) is 0.444. The standard InChI is InChI=1S/C9H11F3N2O/c1-6(13)4-14-5-7(9(10,11)12)2-3-8(14)15/h2-3,5-6H,4,13H2,1H3/t6-/m0/s1. The highest BCUT2D eigenvalue weighted by molar-refractivity contribution is 5.13. The van der Waals surface area contributed by atoms with Crippen LogP contribution in [0.1, 0.15) is 12.5 Å². The summed E-state index contributed by atoms with van der Waals surface area (Å²) in [6.07, 6.45) is -3.65. The van der Waals surface area contributed by atoms with Gasteiger partial charge in [0.05, 0.1) is 5.56 Å². The SMILES string of the molecule is C[C@H](N)Cn1cc(C(F)(F)F)ccc1=O. The van der Waals surface area contributed by atoms with Crippen LogP contribution in [0.3, 0.4) is 0 Å². The van der Waals surface area contributed by atoms with Crippen LogP contribution in [-0.2, 0) is 12.7 Å². The average molecular weight is 220 g/mol. The van der Waals surface area contributed by atoms with Crippen molar-refractivity contribution in [2.75, 3.05) is 0 Å². The van der Waals surface area contributed by atoms with Crippen molar-refractivity contribution in [3.8, 4) is 0 Å². The van der Waals surface area contributed by atoms with Crippen LogP contribution in [-0.4, -0.2) is 10.6 Å². The molecule has 0 aromatic carbocycles. The molecule has 0 radical (unpaired) electrons. The zero-order valence-electron chi connectivity index (χ0n) is 8.08. The Morgan fingerprint density at radius 2 is 2.07 bits per heavy atom. The second-order valence-electron chi connectivity index (χ2n) is 3.38. The molecule has 6 heteroatoms. The molecule has 0 fully saturated rings. The Morgan fingerprint density at radius 1 is 1.47 bits per heavy atom. The predicted octanol–water partition coefficient (Wildman–Crippen LogP) is 1.21. The molecule has 2 N–H and O–H groups in total. The largest absolute Gasteiger partial charge is 0.417 e. The number of hydrogen-bond acceptors (Lipinski definition) is 2. The second kappa shape index (κ2) is 4.06. The average Bonchev–Trinajstić information content (AvgIpc) is 2.06. The molecule has 0 aliphatic rings.